The minimum absolute atomic E-state index is 0.561. The molecule has 11 heavy (non-hydrogen) atoms. The smallest absolute Gasteiger partial charge is 0.00404 e. The average Bonchev–Trinajstić information content (AvgIpc) is 1.99. The van der Waals surface area contributed by atoms with Crippen LogP contribution in [0.2, 0.25) is 0 Å². The van der Waals surface area contributed by atoms with Gasteiger partial charge in [0.1, 0.15) is 0 Å². The van der Waals surface area contributed by atoms with Crippen LogP contribution >= 0.6 is 12.6 Å². The maximum Gasteiger partial charge on any atom is 0.00404 e. The number of hydrogen-bond donors (Lipinski definition) is 2. The Hall–Kier alpha value is 0.310. The van der Waals surface area contributed by atoms with E-state index in [4.69, 9.17) is 0 Å². The van der Waals surface area contributed by atoms with Gasteiger partial charge in [0.05, 0.1) is 0 Å². The minimum Gasteiger partial charge on any atom is -0.317 e. The van der Waals surface area contributed by atoms with Crippen LogP contribution in [0.15, 0.2) is 0 Å². The summed E-state index contributed by atoms with van der Waals surface area (Å²) in [6.07, 6.45) is 2.44. The Morgan fingerprint density at radius 2 is 1.73 bits per heavy atom. The van der Waals surface area contributed by atoms with Crippen molar-refractivity contribution in [2.75, 3.05) is 7.05 Å². The lowest BCUT2D eigenvalue weighted by Crippen LogP contribution is -2.23. The van der Waals surface area contributed by atoms with Crippen molar-refractivity contribution in [1.82, 2.24) is 5.32 Å². The molecule has 0 aromatic heterocycles. The zero-order valence-electron chi connectivity index (χ0n) is 8.09. The topological polar surface area (TPSA) is 12.0 Å². The molecule has 0 spiro atoms. The van der Waals surface area contributed by atoms with Crippen LogP contribution in [0.4, 0.5) is 0 Å². The van der Waals surface area contributed by atoms with E-state index in [1.54, 1.807) is 0 Å². The van der Waals surface area contributed by atoms with Crippen LogP contribution in [0.1, 0.15) is 33.6 Å². The molecule has 0 heterocycles. The van der Waals surface area contributed by atoms with Crippen molar-refractivity contribution in [2.24, 2.45) is 5.92 Å². The molecule has 0 aliphatic rings. The predicted molar refractivity (Wildman–Crippen MR) is 55.4 cm³/mol. The summed E-state index contributed by atoms with van der Waals surface area (Å²) < 4.78 is 0. The van der Waals surface area contributed by atoms with E-state index in [9.17, 15) is 0 Å². The first kappa shape index (κ1) is 11.3. The molecule has 0 aliphatic heterocycles. The fraction of sp³-hybridized carbons (Fsp3) is 1.00. The molecular weight excluding hydrogens is 154 g/mol. The van der Waals surface area contributed by atoms with Crippen LogP contribution in [0.3, 0.4) is 0 Å². The highest BCUT2D eigenvalue weighted by atomic mass is 32.1. The Kier molecular flexibility index (Phi) is 6.06. The Labute approximate surface area is 76.4 Å². The fourth-order valence-electron chi connectivity index (χ4n) is 0.898. The van der Waals surface area contributed by atoms with Gasteiger partial charge < -0.3 is 5.32 Å². The van der Waals surface area contributed by atoms with Gasteiger partial charge in [0, 0.05) is 11.3 Å². The van der Waals surface area contributed by atoms with Gasteiger partial charge in [-0.15, -0.1) is 0 Å². The molecule has 0 aliphatic carbocycles. The Morgan fingerprint density at radius 3 is 2.09 bits per heavy atom. The van der Waals surface area contributed by atoms with Gasteiger partial charge in [-0.05, 0) is 32.7 Å². The molecule has 1 N–H and O–H groups in total. The van der Waals surface area contributed by atoms with Gasteiger partial charge in [0.15, 0.2) is 0 Å². The lowest BCUT2D eigenvalue weighted by Gasteiger charge is -2.16. The lowest BCUT2D eigenvalue weighted by molar-refractivity contribution is 0.491. The summed E-state index contributed by atoms with van der Waals surface area (Å²) in [7, 11) is 2.01. The van der Waals surface area contributed by atoms with E-state index in [1.165, 1.54) is 12.8 Å². The molecule has 0 amide bonds. The van der Waals surface area contributed by atoms with Gasteiger partial charge in [-0.3, -0.25) is 0 Å². The van der Waals surface area contributed by atoms with Crippen LogP contribution in [0.5, 0.6) is 0 Å². The summed E-state index contributed by atoms with van der Waals surface area (Å²) in [5.41, 5.74) is 0. The van der Waals surface area contributed by atoms with E-state index < -0.39 is 0 Å². The van der Waals surface area contributed by atoms with E-state index in [2.05, 4.69) is 38.7 Å². The average molecular weight is 175 g/mol. The van der Waals surface area contributed by atoms with Gasteiger partial charge in [-0.2, -0.15) is 12.6 Å². The van der Waals surface area contributed by atoms with Crippen LogP contribution in [-0.4, -0.2) is 18.3 Å². The first-order valence-corrected chi connectivity index (χ1v) is 4.95. The molecule has 1 nitrogen and oxygen atoms in total. The maximum atomic E-state index is 4.51. The predicted octanol–water partition coefficient (Wildman–Crippen LogP) is 2.33. The van der Waals surface area contributed by atoms with E-state index in [-0.39, 0.29) is 0 Å². The summed E-state index contributed by atoms with van der Waals surface area (Å²) in [5.74, 6) is 0.697. The van der Waals surface area contributed by atoms with Gasteiger partial charge in [0.2, 0.25) is 0 Å². The third-order valence-electron chi connectivity index (χ3n) is 2.16. The molecule has 2 heteroatoms. The van der Waals surface area contributed by atoms with E-state index in [0.717, 1.165) is 0 Å². The number of hydrogen-bond acceptors (Lipinski definition) is 2. The molecule has 0 aromatic carbocycles. The molecule has 0 bridgehead atoms. The summed E-state index contributed by atoms with van der Waals surface area (Å²) in [6.45, 7) is 6.66. The second-order valence-corrected chi connectivity index (χ2v) is 4.24. The minimum atomic E-state index is 0.561. The molecule has 0 radical (unpaired) electrons. The molecule has 0 saturated carbocycles. The van der Waals surface area contributed by atoms with Gasteiger partial charge >= 0.3 is 0 Å². The van der Waals surface area contributed by atoms with E-state index >= 15 is 0 Å². The first-order chi connectivity index (χ1) is 5.07. The SMILES string of the molecule is CN[C@H](C)CC[C@@H](S)C(C)C. The standard InChI is InChI=1S/C9H21NS/c1-7(2)9(11)6-5-8(3)10-4/h7-11H,5-6H2,1-4H3/t8-,9-/m1/s1. The van der Waals surface area contributed by atoms with Crippen molar-refractivity contribution >= 4 is 12.6 Å². The van der Waals surface area contributed by atoms with Crippen LogP contribution in [0, 0.1) is 5.92 Å². The lowest BCUT2D eigenvalue weighted by atomic mass is 10.0. The van der Waals surface area contributed by atoms with E-state index in [0.29, 0.717) is 17.2 Å². The Morgan fingerprint density at radius 1 is 1.18 bits per heavy atom. The molecule has 0 unspecified atom stereocenters. The van der Waals surface area contributed by atoms with Gasteiger partial charge in [0.25, 0.3) is 0 Å². The number of nitrogens with one attached hydrogen (secondary N) is 1. The van der Waals surface area contributed by atoms with Gasteiger partial charge in [-0.25, -0.2) is 0 Å². The third-order valence-corrected chi connectivity index (χ3v) is 3.01. The first-order valence-electron chi connectivity index (χ1n) is 4.43. The highest BCUT2D eigenvalue weighted by molar-refractivity contribution is 7.81. The van der Waals surface area contributed by atoms with Crippen molar-refractivity contribution in [3.8, 4) is 0 Å². The van der Waals surface area contributed by atoms with Crippen LogP contribution in [-0.2, 0) is 0 Å². The Bertz CT molecular complexity index is 93.6. The summed E-state index contributed by atoms with van der Waals surface area (Å²) >= 11 is 4.51. The zero-order chi connectivity index (χ0) is 8.85. The third kappa shape index (κ3) is 5.57. The quantitative estimate of drug-likeness (QED) is 0.611. The molecule has 0 aromatic rings. The highest BCUT2D eigenvalue weighted by Gasteiger charge is 2.08. The molecule has 0 saturated heterocycles. The molecule has 68 valence electrons. The summed E-state index contributed by atoms with van der Waals surface area (Å²) in [6, 6.07) is 0.628. The zero-order valence-corrected chi connectivity index (χ0v) is 8.99. The molecule has 0 fully saturated rings. The second kappa shape index (κ2) is 5.90. The largest absolute Gasteiger partial charge is 0.317 e. The Balaban J connectivity index is 3.37. The summed E-state index contributed by atoms with van der Waals surface area (Å²) in [4.78, 5) is 0. The van der Waals surface area contributed by atoms with Crippen LogP contribution in [0.25, 0.3) is 0 Å². The maximum absolute atomic E-state index is 4.51. The monoisotopic (exact) mass is 175 g/mol. The number of thiol groups is 1. The normalized spacial score (nSPS) is 16.9. The van der Waals surface area contributed by atoms with Crippen molar-refractivity contribution in [3.63, 3.8) is 0 Å². The second-order valence-electron chi connectivity index (χ2n) is 3.58. The van der Waals surface area contributed by atoms with Crippen molar-refractivity contribution in [1.29, 1.82) is 0 Å². The van der Waals surface area contributed by atoms with Crippen molar-refractivity contribution in [3.05, 3.63) is 0 Å². The molecular formula is C9H21NS. The van der Waals surface area contributed by atoms with E-state index in [1.807, 2.05) is 7.05 Å². The number of rotatable bonds is 5. The van der Waals surface area contributed by atoms with Crippen LogP contribution < -0.4 is 5.32 Å². The molecule has 0 rings (SSSR count). The van der Waals surface area contributed by atoms with Crippen molar-refractivity contribution < 1.29 is 0 Å². The fourth-order valence-corrected chi connectivity index (χ4v) is 1.05. The highest BCUT2D eigenvalue weighted by Crippen LogP contribution is 2.15. The molecule has 2 atom stereocenters. The van der Waals surface area contributed by atoms with Crippen molar-refractivity contribution in [2.45, 2.75) is 44.9 Å². The van der Waals surface area contributed by atoms with Gasteiger partial charge in [-0.1, -0.05) is 13.8 Å². The summed E-state index contributed by atoms with van der Waals surface area (Å²) in [5, 5.41) is 3.79.